The number of ether oxygens (including phenoxy) is 1. The monoisotopic (exact) mass is 500 g/mol. The summed E-state index contributed by atoms with van der Waals surface area (Å²) in [5.74, 6) is -1.38. The van der Waals surface area contributed by atoms with Crippen LogP contribution in [0.25, 0.3) is 16.7 Å². The molecule has 1 aliphatic rings. The Morgan fingerprint density at radius 3 is 2.47 bits per heavy atom. The van der Waals surface area contributed by atoms with Crippen LogP contribution in [0, 0.1) is 13.8 Å². The van der Waals surface area contributed by atoms with E-state index in [1.54, 1.807) is 18.2 Å². The molecule has 1 fully saturated rings. The van der Waals surface area contributed by atoms with Crippen LogP contribution < -0.4 is 9.64 Å². The van der Waals surface area contributed by atoms with Crippen molar-refractivity contribution >= 4 is 45.6 Å². The van der Waals surface area contributed by atoms with E-state index < -0.39 is 17.7 Å². The van der Waals surface area contributed by atoms with Crippen molar-refractivity contribution in [2.24, 2.45) is 7.05 Å². The second kappa shape index (κ2) is 8.88. The minimum Gasteiger partial charge on any atom is -0.507 e. The number of amides is 1. The number of carbonyl (C=O) groups is 2. The van der Waals surface area contributed by atoms with E-state index in [0.29, 0.717) is 22.0 Å². The number of benzene rings is 3. The Kier molecular flexibility index (Phi) is 5.85. The molecule has 1 N–H and O–H groups in total. The van der Waals surface area contributed by atoms with Gasteiger partial charge in [0.15, 0.2) is 0 Å². The Morgan fingerprint density at radius 2 is 1.75 bits per heavy atom. The second-order valence-corrected chi connectivity index (χ2v) is 9.41. The van der Waals surface area contributed by atoms with Gasteiger partial charge in [0, 0.05) is 41.0 Å². The second-order valence-electron chi connectivity index (χ2n) is 9.00. The van der Waals surface area contributed by atoms with Crippen molar-refractivity contribution < 1.29 is 19.4 Å². The number of methoxy groups -OCH3 is 1. The van der Waals surface area contributed by atoms with Crippen LogP contribution in [0.4, 0.5) is 5.69 Å². The molecule has 1 amide bonds. The molecule has 1 unspecified atom stereocenters. The molecule has 5 rings (SSSR count). The lowest BCUT2D eigenvalue weighted by Crippen LogP contribution is -2.29. The standard InChI is InChI=1S/C29H25ClN2O4/c1-16-9-11-19(13-17(16)2)32-26(21-15-31(3)23-8-6-5-7-20(21)23)25(28(34)29(32)35)27(33)18-10-12-22(30)24(14-18)36-4/h5-15,26,33H,1-4H3/b27-25+. The molecule has 4 aromatic rings. The fourth-order valence-corrected chi connectivity index (χ4v) is 5.02. The van der Waals surface area contributed by atoms with Crippen LogP contribution in [-0.2, 0) is 16.6 Å². The van der Waals surface area contributed by atoms with Crippen LogP contribution in [0.1, 0.15) is 28.3 Å². The largest absolute Gasteiger partial charge is 0.507 e. The first-order chi connectivity index (χ1) is 17.2. The maximum Gasteiger partial charge on any atom is 0.300 e. The minimum absolute atomic E-state index is 0.0129. The van der Waals surface area contributed by atoms with Crippen molar-refractivity contribution in [1.82, 2.24) is 4.57 Å². The summed E-state index contributed by atoms with van der Waals surface area (Å²) in [4.78, 5) is 28.5. The van der Waals surface area contributed by atoms with Gasteiger partial charge in [0.1, 0.15) is 11.5 Å². The molecule has 0 bridgehead atoms. The number of aliphatic hydroxyl groups excluding tert-OH is 1. The predicted molar refractivity (Wildman–Crippen MR) is 142 cm³/mol. The van der Waals surface area contributed by atoms with Crippen LogP contribution >= 0.6 is 11.6 Å². The highest BCUT2D eigenvalue weighted by Gasteiger charge is 2.48. The number of nitrogens with zero attached hydrogens (tertiary/aromatic N) is 2. The fourth-order valence-electron chi connectivity index (χ4n) is 4.82. The van der Waals surface area contributed by atoms with E-state index in [1.807, 2.05) is 74.1 Å². The van der Waals surface area contributed by atoms with Crippen molar-refractivity contribution in [1.29, 1.82) is 0 Å². The Bertz CT molecular complexity index is 1580. The van der Waals surface area contributed by atoms with Crippen LogP contribution in [0.2, 0.25) is 5.02 Å². The van der Waals surface area contributed by atoms with E-state index in [9.17, 15) is 14.7 Å². The van der Waals surface area contributed by atoms with Gasteiger partial charge >= 0.3 is 0 Å². The number of Topliss-reactive ketones (excluding diaryl/α,β-unsaturated/α-hetero) is 1. The molecule has 1 atom stereocenters. The summed E-state index contributed by atoms with van der Waals surface area (Å²) in [7, 11) is 3.39. The number of para-hydroxylation sites is 1. The average molecular weight is 501 g/mol. The van der Waals surface area contributed by atoms with E-state index in [1.165, 1.54) is 12.0 Å². The number of fused-ring (bicyclic) bond motifs is 1. The number of aromatic nitrogens is 1. The lowest BCUT2D eigenvalue weighted by molar-refractivity contribution is -0.132. The average Bonchev–Trinajstić information content (AvgIpc) is 3.34. The van der Waals surface area contributed by atoms with Crippen LogP contribution in [0.3, 0.4) is 0 Å². The number of ketones is 1. The van der Waals surface area contributed by atoms with Crippen LogP contribution in [0.15, 0.2) is 72.4 Å². The number of rotatable bonds is 4. The molecule has 182 valence electrons. The van der Waals surface area contributed by atoms with E-state index >= 15 is 0 Å². The number of halogens is 1. The summed E-state index contributed by atoms with van der Waals surface area (Å²) >= 11 is 6.18. The molecular weight excluding hydrogens is 476 g/mol. The summed E-state index contributed by atoms with van der Waals surface area (Å²) in [6.45, 7) is 3.95. The van der Waals surface area contributed by atoms with Crippen molar-refractivity contribution in [2.45, 2.75) is 19.9 Å². The fraction of sp³-hybridized carbons (Fsp3) is 0.172. The first-order valence-electron chi connectivity index (χ1n) is 11.5. The lowest BCUT2D eigenvalue weighted by atomic mass is 9.94. The molecule has 2 heterocycles. The third-order valence-electron chi connectivity index (χ3n) is 6.86. The summed E-state index contributed by atoms with van der Waals surface area (Å²) in [6, 6.07) is 17.3. The lowest BCUT2D eigenvalue weighted by Gasteiger charge is -2.25. The third kappa shape index (κ3) is 3.65. The van der Waals surface area contributed by atoms with E-state index in [-0.39, 0.29) is 11.3 Å². The zero-order chi connectivity index (χ0) is 25.7. The topological polar surface area (TPSA) is 71.8 Å². The van der Waals surface area contributed by atoms with E-state index in [0.717, 1.165) is 27.6 Å². The Balaban J connectivity index is 1.81. The highest BCUT2D eigenvalue weighted by Crippen LogP contribution is 2.45. The molecule has 1 aromatic heterocycles. The normalized spacial score (nSPS) is 17.2. The van der Waals surface area contributed by atoms with E-state index in [4.69, 9.17) is 16.3 Å². The molecular formula is C29H25ClN2O4. The zero-order valence-electron chi connectivity index (χ0n) is 20.4. The summed E-state index contributed by atoms with van der Waals surface area (Å²) < 4.78 is 7.26. The van der Waals surface area contributed by atoms with Gasteiger partial charge < -0.3 is 14.4 Å². The summed E-state index contributed by atoms with van der Waals surface area (Å²) in [5.41, 5.74) is 4.70. The molecule has 6 nitrogen and oxygen atoms in total. The van der Waals surface area contributed by atoms with Gasteiger partial charge in [0.05, 0.1) is 23.7 Å². The molecule has 1 aliphatic heterocycles. The molecule has 0 radical (unpaired) electrons. The summed E-state index contributed by atoms with van der Waals surface area (Å²) in [5, 5.41) is 12.7. The number of aliphatic hydroxyl groups is 1. The van der Waals surface area contributed by atoms with Crippen molar-refractivity contribution in [3.63, 3.8) is 0 Å². The Morgan fingerprint density at radius 1 is 1.00 bits per heavy atom. The SMILES string of the molecule is COc1cc(/C(O)=C2\C(=O)C(=O)N(c3ccc(C)c(C)c3)C2c2cn(C)c3ccccc23)ccc1Cl. The van der Waals surface area contributed by atoms with Gasteiger partial charge in [-0.2, -0.15) is 0 Å². The van der Waals surface area contributed by atoms with Crippen molar-refractivity contribution in [2.75, 3.05) is 12.0 Å². The van der Waals surface area contributed by atoms with Gasteiger partial charge in [-0.05, 0) is 61.4 Å². The number of anilines is 1. The maximum atomic E-state index is 13.5. The molecule has 36 heavy (non-hydrogen) atoms. The number of hydrogen-bond donors (Lipinski definition) is 1. The number of aryl methyl sites for hydroxylation is 3. The first-order valence-corrected chi connectivity index (χ1v) is 11.9. The predicted octanol–water partition coefficient (Wildman–Crippen LogP) is 6.08. The van der Waals surface area contributed by atoms with Crippen molar-refractivity contribution in [3.05, 3.63) is 99.7 Å². The summed E-state index contributed by atoms with van der Waals surface area (Å²) in [6.07, 6.45) is 1.91. The highest BCUT2D eigenvalue weighted by atomic mass is 35.5. The molecule has 1 saturated heterocycles. The van der Waals surface area contributed by atoms with Gasteiger partial charge in [-0.25, -0.2) is 0 Å². The van der Waals surface area contributed by atoms with Gasteiger partial charge in [-0.1, -0.05) is 35.9 Å². The van der Waals surface area contributed by atoms with Gasteiger partial charge in [-0.3, -0.25) is 14.5 Å². The van der Waals surface area contributed by atoms with Gasteiger partial charge in [0.2, 0.25) is 0 Å². The van der Waals surface area contributed by atoms with Gasteiger partial charge in [-0.15, -0.1) is 0 Å². The third-order valence-corrected chi connectivity index (χ3v) is 7.17. The highest BCUT2D eigenvalue weighted by molar-refractivity contribution is 6.52. The Hall–Kier alpha value is -4.03. The van der Waals surface area contributed by atoms with Crippen molar-refractivity contribution in [3.8, 4) is 5.75 Å². The zero-order valence-corrected chi connectivity index (χ0v) is 21.1. The smallest absolute Gasteiger partial charge is 0.300 e. The van der Waals surface area contributed by atoms with Crippen LogP contribution in [0.5, 0.6) is 5.75 Å². The maximum absolute atomic E-state index is 13.5. The molecule has 0 saturated carbocycles. The molecule has 3 aromatic carbocycles. The number of carbonyl (C=O) groups excluding carboxylic acids is 2. The first kappa shape index (κ1) is 23.7. The molecule has 0 spiro atoms. The molecule has 0 aliphatic carbocycles. The van der Waals surface area contributed by atoms with Crippen LogP contribution in [-0.4, -0.2) is 28.5 Å². The van der Waals surface area contributed by atoms with E-state index in [2.05, 4.69) is 0 Å². The number of hydrogen-bond acceptors (Lipinski definition) is 4. The quantitative estimate of drug-likeness (QED) is 0.209. The van der Waals surface area contributed by atoms with Gasteiger partial charge in [0.25, 0.3) is 11.7 Å². The minimum atomic E-state index is -0.833. The molecule has 7 heteroatoms. The Labute approximate surface area is 214 Å².